The quantitative estimate of drug-likeness (QED) is 0.394. The van der Waals surface area contributed by atoms with Crippen LogP contribution in [0.5, 0.6) is 5.75 Å². The van der Waals surface area contributed by atoms with Crippen molar-refractivity contribution in [3.8, 4) is 11.8 Å². The third-order valence-corrected chi connectivity index (χ3v) is 5.95. The SMILES string of the molecule is CCOC(=O)c1c(NC(=O)C(C#N)=Cc2ccc(OCC)cc2)sc2c1CCCC2. The second-order valence-corrected chi connectivity index (χ2v) is 7.87. The minimum atomic E-state index is -0.546. The number of ether oxygens (including phenoxy) is 2. The van der Waals surface area contributed by atoms with Gasteiger partial charge < -0.3 is 14.8 Å². The Morgan fingerprint density at radius 3 is 2.57 bits per heavy atom. The van der Waals surface area contributed by atoms with E-state index in [4.69, 9.17) is 9.47 Å². The molecule has 0 saturated heterocycles. The number of nitrogens with zero attached hydrogens (tertiary/aromatic N) is 1. The lowest BCUT2D eigenvalue weighted by Crippen LogP contribution is -2.16. The van der Waals surface area contributed by atoms with E-state index in [9.17, 15) is 14.9 Å². The Balaban J connectivity index is 1.85. The summed E-state index contributed by atoms with van der Waals surface area (Å²) < 4.78 is 10.6. The number of benzene rings is 1. The molecule has 1 aromatic heterocycles. The smallest absolute Gasteiger partial charge is 0.341 e. The molecular formula is C23H24N2O4S. The molecule has 0 radical (unpaired) electrons. The lowest BCUT2D eigenvalue weighted by atomic mass is 9.95. The summed E-state index contributed by atoms with van der Waals surface area (Å²) in [4.78, 5) is 26.4. The second kappa shape index (κ2) is 10.1. The molecule has 0 fully saturated rings. The van der Waals surface area contributed by atoms with Crippen LogP contribution in [0.25, 0.3) is 6.08 Å². The van der Waals surface area contributed by atoms with Gasteiger partial charge in [0.25, 0.3) is 5.91 Å². The molecule has 0 saturated carbocycles. The topological polar surface area (TPSA) is 88.4 Å². The van der Waals surface area contributed by atoms with E-state index in [-0.39, 0.29) is 12.2 Å². The van der Waals surface area contributed by atoms with Crippen LogP contribution >= 0.6 is 11.3 Å². The highest BCUT2D eigenvalue weighted by molar-refractivity contribution is 7.17. The summed E-state index contributed by atoms with van der Waals surface area (Å²) in [5.41, 5.74) is 2.07. The number of hydrogen-bond donors (Lipinski definition) is 1. The number of thiophene rings is 1. The molecule has 7 heteroatoms. The maximum atomic E-state index is 12.8. The van der Waals surface area contributed by atoms with Crippen molar-refractivity contribution >= 4 is 34.3 Å². The average molecular weight is 425 g/mol. The van der Waals surface area contributed by atoms with Gasteiger partial charge >= 0.3 is 5.97 Å². The van der Waals surface area contributed by atoms with E-state index in [1.54, 1.807) is 31.2 Å². The Kier molecular flexibility index (Phi) is 7.26. The van der Waals surface area contributed by atoms with Gasteiger partial charge in [0.05, 0.1) is 18.8 Å². The first-order valence-electron chi connectivity index (χ1n) is 10.0. The first kappa shape index (κ1) is 21.6. The van der Waals surface area contributed by atoms with Gasteiger partial charge in [-0.1, -0.05) is 12.1 Å². The predicted molar refractivity (Wildman–Crippen MR) is 117 cm³/mol. The van der Waals surface area contributed by atoms with Crippen molar-refractivity contribution < 1.29 is 19.1 Å². The van der Waals surface area contributed by atoms with Crippen LogP contribution in [0, 0.1) is 11.3 Å². The molecule has 1 amide bonds. The van der Waals surface area contributed by atoms with Crippen molar-refractivity contribution in [2.24, 2.45) is 0 Å². The Bertz CT molecular complexity index is 999. The van der Waals surface area contributed by atoms with Crippen molar-refractivity contribution in [3.05, 3.63) is 51.4 Å². The zero-order valence-electron chi connectivity index (χ0n) is 17.1. The van der Waals surface area contributed by atoms with Gasteiger partial charge in [0.1, 0.15) is 22.4 Å². The summed E-state index contributed by atoms with van der Waals surface area (Å²) in [6.45, 7) is 4.48. The zero-order valence-corrected chi connectivity index (χ0v) is 17.9. The Morgan fingerprint density at radius 2 is 1.90 bits per heavy atom. The summed E-state index contributed by atoms with van der Waals surface area (Å²) in [5.74, 6) is -0.252. The molecule has 0 aliphatic heterocycles. The molecule has 1 aliphatic rings. The van der Waals surface area contributed by atoms with Crippen molar-refractivity contribution in [2.45, 2.75) is 39.5 Å². The van der Waals surface area contributed by atoms with Crippen LogP contribution in [0.15, 0.2) is 29.8 Å². The molecule has 0 unspecified atom stereocenters. The largest absolute Gasteiger partial charge is 0.494 e. The maximum Gasteiger partial charge on any atom is 0.341 e. The highest BCUT2D eigenvalue weighted by Gasteiger charge is 2.27. The second-order valence-electron chi connectivity index (χ2n) is 6.76. The number of carbonyl (C=O) groups excluding carboxylic acids is 2. The molecule has 1 aromatic carbocycles. The predicted octanol–water partition coefficient (Wildman–Crippen LogP) is 4.75. The molecule has 1 heterocycles. The number of anilines is 1. The number of rotatable bonds is 7. The summed E-state index contributed by atoms with van der Waals surface area (Å²) in [7, 11) is 0. The van der Waals surface area contributed by atoms with Crippen LogP contribution in [-0.4, -0.2) is 25.1 Å². The number of carbonyl (C=O) groups is 2. The number of hydrogen-bond acceptors (Lipinski definition) is 6. The molecule has 0 spiro atoms. The lowest BCUT2D eigenvalue weighted by Gasteiger charge is -2.12. The Labute approximate surface area is 180 Å². The third-order valence-electron chi connectivity index (χ3n) is 4.75. The van der Waals surface area contributed by atoms with E-state index in [1.165, 1.54) is 17.4 Å². The molecule has 1 N–H and O–H groups in total. The van der Waals surface area contributed by atoms with E-state index in [2.05, 4.69) is 5.32 Å². The molecule has 6 nitrogen and oxygen atoms in total. The average Bonchev–Trinajstić information content (AvgIpc) is 3.11. The number of amides is 1. The molecule has 2 aromatic rings. The van der Waals surface area contributed by atoms with Crippen molar-refractivity contribution in [1.82, 2.24) is 0 Å². The molecule has 3 rings (SSSR count). The minimum Gasteiger partial charge on any atom is -0.494 e. The van der Waals surface area contributed by atoms with Gasteiger partial charge in [0.15, 0.2) is 0 Å². The van der Waals surface area contributed by atoms with Crippen LogP contribution < -0.4 is 10.1 Å². The first-order valence-corrected chi connectivity index (χ1v) is 10.9. The fourth-order valence-electron chi connectivity index (χ4n) is 3.39. The summed E-state index contributed by atoms with van der Waals surface area (Å²) >= 11 is 1.40. The molecular weight excluding hydrogens is 400 g/mol. The summed E-state index contributed by atoms with van der Waals surface area (Å²) in [5, 5.41) is 12.7. The third kappa shape index (κ3) is 4.89. The van der Waals surface area contributed by atoms with Crippen LogP contribution in [0.4, 0.5) is 5.00 Å². The molecule has 0 bridgehead atoms. The number of aryl methyl sites for hydroxylation is 1. The molecule has 156 valence electrons. The minimum absolute atomic E-state index is 0.0414. The number of fused-ring (bicyclic) bond motifs is 1. The zero-order chi connectivity index (χ0) is 21.5. The van der Waals surface area contributed by atoms with Gasteiger partial charge in [-0.2, -0.15) is 5.26 Å². The van der Waals surface area contributed by atoms with Gasteiger partial charge in [0.2, 0.25) is 0 Å². The van der Waals surface area contributed by atoms with E-state index in [1.807, 2.05) is 13.0 Å². The summed E-state index contributed by atoms with van der Waals surface area (Å²) in [6.07, 6.45) is 5.26. The molecule has 30 heavy (non-hydrogen) atoms. The lowest BCUT2D eigenvalue weighted by molar-refractivity contribution is -0.112. The summed E-state index contributed by atoms with van der Waals surface area (Å²) in [6, 6.07) is 9.09. The van der Waals surface area contributed by atoms with E-state index in [0.29, 0.717) is 22.7 Å². The molecule has 1 aliphatic carbocycles. The van der Waals surface area contributed by atoms with Gasteiger partial charge in [-0.05, 0) is 68.9 Å². The number of nitrogens with one attached hydrogen (secondary N) is 1. The van der Waals surface area contributed by atoms with Crippen LogP contribution in [0.2, 0.25) is 0 Å². The van der Waals surface area contributed by atoms with Gasteiger partial charge in [0, 0.05) is 4.88 Å². The first-order chi connectivity index (χ1) is 14.6. The monoisotopic (exact) mass is 424 g/mol. The Hall–Kier alpha value is -3.11. The normalized spacial score (nSPS) is 13.2. The molecule has 0 atom stereocenters. The van der Waals surface area contributed by atoms with Crippen molar-refractivity contribution in [3.63, 3.8) is 0 Å². The van der Waals surface area contributed by atoms with E-state index >= 15 is 0 Å². The number of nitriles is 1. The van der Waals surface area contributed by atoms with Crippen LogP contribution in [0.1, 0.15) is 53.1 Å². The van der Waals surface area contributed by atoms with Gasteiger partial charge in [-0.3, -0.25) is 4.79 Å². The van der Waals surface area contributed by atoms with Crippen LogP contribution in [0.3, 0.4) is 0 Å². The van der Waals surface area contributed by atoms with E-state index in [0.717, 1.165) is 41.9 Å². The number of esters is 1. The van der Waals surface area contributed by atoms with Crippen LogP contribution in [-0.2, 0) is 22.4 Å². The maximum absolute atomic E-state index is 12.8. The fourth-order valence-corrected chi connectivity index (χ4v) is 4.66. The Morgan fingerprint density at radius 1 is 1.17 bits per heavy atom. The highest BCUT2D eigenvalue weighted by Crippen LogP contribution is 2.38. The van der Waals surface area contributed by atoms with E-state index < -0.39 is 11.9 Å². The fraction of sp³-hybridized carbons (Fsp3) is 0.348. The van der Waals surface area contributed by atoms with Gasteiger partial charge in [-0.15, -0.1) is 11.3 Å². The standard InChI is InChI=1S/C23H24N2O4S/c1-3-28-17-11-9-15(10-12-17)13-16(14-24)21(26)25-22-20(23(27)29-4-2)18-7-5-6-8-19(18)30-22/h9-13H,3-8H2,1-2H3,(H,25,26). The highest BCUT2D eigenvalue weighted by atomic mass is 32.1. The van der Waals surface area contributed by atoms with Crippen molar-refractivity contribution in [1.29, 1.82) is 5.26 Å². The van der Waals surface area contributed by atoms with Crippen molar-refractivity contribution in [2.75, 3.05) is 18.5 Å². The van der Waals surface area contributed by atoms with Gasteiger partial charge in [-0.25, -0.2) is 4.79 Å².